The highest BCUT2D eigenvalue weighted by Crippen LogP contribution is 2.19. The molecule has 1 atom stereocenters. The zero-order chi connectivity index (χ0) is 11.5. The average molecular weight is 212 g/mol. The molecular weight excluding hydrogens is 196 g/mol. The summed E-state index contributed by atoms with van der Waals surface area (Å²) in [6.45, 7) is 8.94. The van der Waals surface area contributed by atoms with Crippen molar-refractivity contribution >= 4 is 10.9 Å². The number of hydrogen-bond donors (Lipinski definition) is 0. The molecule has 0 radical (unpaired) electrons. The van der Waals surface area contributed by atoms with Crippen molar-refractivity contribution in [2.75, 3.05) is 0 Å². The van der Waals surface area contributed by atoms with Crippen molar-refractivity contribution in [2.45, 2.75) is 25.8 Å². The minimum absolute atomic E-state index is 0.123. The zero-order valence-corrected chi connectivity index (χ0v) is 9.77. The van der Waals surface area contributed by atoms with E-state index in [-0.39, 0.29) is 6.04 Å². The number of aromatic nitrogens is 1. The molecule has 0 amide bonds. The van der Waals surface area contributed by atoms with Gasteiger partial charge >= 0.3 is 0 Å². The maximum atomic E-state index is 6.95. The fraction of sp³-hybridized carbons (Fsp3) is 0.357. The van der Waals surface area contributed by atoms with Crippen molar-refractivity contribution in [3.63, 3.8) is 0 Å². The fourth-order valence-electron chi connectivity index (χ4n) is 2.01. The quantitative estimate of drug-likeness (QED) is 0.690. The van der Waals surface area contributed by atoms with Crippen molar-refractivity contribution in [2.24, 2.45) is 7.05 Å². The Morgan fingerprint density at radius 2 is 2.12 bits per heavy atom. The molecule has 2 rings (SSSR count). The van der Waals surface area contributed by atoms with Crippen LogP contribution in [0.5, 0.6) is 0 Å². The maximum Gasteiger partial charge on any atom is 0.221 e. The molecule has 0 saturated heterocycles. The Bertz CT molecular complexity index is 531. The summed E-state index contributed by atoms with van der Waals surface area (Å²) in [5.41, 5.74) is 2.59. The van der Waals surface area contributed by atoms with Crippen LogP contribution in [0.15, 0.2) is 30.3 Å². The lowest BCUT2D eigenvalue weighted by atomic mass is 10.1. The molecule has 0 bridgehead atoms. The third-order valence-electron chi connectivity index (χ3n) is 3.09. The Labute approximate surface area is 96.3 Å². The molecular formula is C14H16N2. The van der Waals surface area contributed by atoms with Crippen LogP contribution in [0.2, 0.25) is 0 Å². The van der Waals surface area contributed by atoms with Gasteiger partial charge in [0.1, 0.15) is 0 Å². The van der Waals surface area contributed by atoms with Crippen LogP contribution in [0.3, 0.4) is 0 Å². The highest BCUT2D eigenvalue weighted by molar-refractivity contribution is 5.81. The van der Waals surface area contributed by atoms with Gasteiger partial charge in [-0.2, -0.15) is 0 Å². The molecule has 1 unspecified atom stereocenters. The van der Waals surface area contributed by atoms with Crippen LogP contribution in [0.4, 0.5) is 0 Å². The first-order valence-corrected chi connectivity index (χ1v) is 5.62. The number of para-hydroxylation sites is 1. The molecule has 0 fully saturated rings. The van der Waals surface area contributed by atoms with E-state index in [1.54, 1.807) is 0 Å². The van der Waals surface area contributed by atoms with Gasteiger partial charge in [-0.05, 0) is 23.9 Å². The molecule has 0 N–H and O–H groups in total. The number of rotatable bonds is 3. The van der Waals surface area contributed by atoms with E-state index in [9.17, 15) is 0 Å². The second-order valence-electron chi connectivity index (χ2n) is 4.27. The minimum atomic E-state index is 0.123. The van der Waals surface area contributed by atoms with Crippen molar-refractivity contribution in [1.29, 1.82) is 0 Å². The molecule has 2 nitrogen and oxygen atoms in total. The molecule has 0 aliphatic carbocycles. The Morgan fingerprint density at radius 3 is 2.81 bits per heavy atom. The van der Waals surface area contributed by atoms with Gasteiger partial charge < -0.3 is 9.41 Å². The summed E-state index contributed by atoms with van der Waals surface area (Å²) in [6, 6.07) is 10.8. The number of hydrogen-bond acceptors (Lipinski definition) is 0. The van der Waals surface area contributed by atoms with Gasteiger partial charge in [0.25, 0.3) is 0 Å². The van der Waals surface area contributed by atoms with E-state index in [2.05, 4.69) is 46.8 Å². The van der Waals surface area contributed by atoms with Crippen LogP contribution in [-0.2, 0) is 13.5 Å². The van der Waals surface area contributed by atoms with Gasteiger partial charge in [0.15, 0.2) is 0 Å². The smallest absolute Gasteiger partial charge is 0.221 e. The average Bonchev–Trinajstić information content (AvgIpc) is 2.64. The van der Waals surface area contributed by atoms with Crippen molar-refractivity contribution < 1.29 is 0 Å². The van der Waals surface area contributed by atoms with Gasteiger partial charge in [-0.1, -0.05) is 18.2 Å². The second kappa shape index (κ2) is 4.40. The minimum Gasteiger partial charge on any atom is -0.348 e. The zero-order valence-electron chi connectivity index (χ0n) is 9.77. The highest BCUT2D eigenvalue weighted by atomic mass is 14.9. The van der Waals surface area contributed by atoms with Gasteiger partial charge in [-0.15, -0.1) is 0 Å². The van der Waals surface area contributed by atoms with Crippen molar-refractivity contribution in [3.05, 3.63) is 47.4 Å². The number of fused-ring (bicyclic) bond motifs is 1. The van der Waals surface area contributed by atoms with Gasteiger partial charge in [-0.3, -0.25) is 0 Å². The van der Waals surface area contributed by atoms with Gasteiger partial charge in [0, 0.05) is 31.6 Å². The Kier molecular flexibility index (Phi) is 2.96. The first-order chi connectivity index (χ1) is 7.72. The molecule has 16 heavy (non-hydrogen) atoms. The van der Waals surface area contributed by atoms with Crippen LogP contribution in [-0.4, -0.2) is 10.6 Å². The van der Waals surface area contributed by atoms with E-state index in [1.807, 2.05) is 6.92 Å². The van der Waals surface area contributed by atoms with Crippen LogP contribution in [0.1, 0.15) is 19.0 Å². The van der Waals surface area contributed by atoms with E-state index in [0.29, 0.717) is 0 Å². The topological polar surface area (TPSA) is 9.29 Å². The van der Waals surface area contributed by atoms with Crippen LogP contribution < -0.4 is 0 Å². The number of aryl methyl sites for hydroxylation is 2. The SMILES string of the molecule is [C-]#[N+]C(C)CCc1cc2ccccc2n1C. The number of benzene rings is 1. The molecule has 1 aromatic heterocycles. The normalized spacial score (nSPS) is 12.6. The van der Waals surface area contributed by atoms with Crippen molar-refractivity contribution in [3.8, 4) is 0 Å². The van der Waals surface area contributed by atoms with Crippen LogP contribution in [0, 0.1) is 6.57 Å². The number of nitrogens with zero attached hydrogens (tertiary/aromatic N) is 2. The lowest BCUT2D eigenvalue weighted by Gasteiger charge is -2.03. The van der Waals surface area contributed by atoms with E-state index in [0.717, 1.165) is 12.8 Å². The summed E-state index contributed by atoms with van der Waals surface area (Å²) in [7, 11) is 2.10. The van der Waals surface area contributed by atoms with E-state index in [1.165, 1.54) is 16.6 Å². The molecule has 1 heterocycles. The second-order valence-corrected chi connectivity index (χ2v) is 4.27. The summed E-state index contributed by atoms with van der Waals surface area (Å²) in [4.78, 5) is 3.53. The van der Waals surface area contributed by atoms with Gasteiger partial charge in [-0.25, -0.2) is 6.57 Å². The summed E-state index contributed by atoms with van der Waals surface area (Å²) in [6.07, 6.45) is 1.92. The largest absolute Gasteiger partial charge is 0.348 e. The first-order valence-electron chi connectivity index (χ1n) is 5.62. The van der Waals surface area contributed by atoms with Crippen molar-refractivity contribution in [1.82, 2.24) is 4.57 Å². The molecule has 0 spiro atoms. The molecule has 0 aliphatic rings. The van der Waals surface area contributed by atoms with E-state index >= 15 is 0 Å². The third-order valence-corrected chi connectivity index (χ3v) is 3.09. The molecule has 2 aromatic rings. The summed E-state index contributed by atoms with van der Waals surface area (Å²) < 4.78 is 2.23. The Balaban J connectivity index is 2.25. The predicted molar refractivity (Wildman–Crippen MR) is 67.3 cm³/mol. The maximum absolute atomic E-state index is 6.95. The lowest BCUT2D eigenvalue weighted by molar-refractivity contribution is 0.708. The summed E-state index contributed by atoms with van der Waals surface area (Å²) >= 11 is 0. The predicted octanol–water partition coefficient (Wildman–Crippen LogP) is 3.42. The fourth-order valence-corrected chi connectivity index (χ4v) is 2.01. The van der Waals surface area contributed by atoms with E-state index < -0.39 is 0 Å². The first kappa shape index (κ1) is 10.8. The molecule has 0 saturated carbocycles. The lowest BCUT2D eigenvalue weighted by Crippen LogP contribution is -2.01. The molecule has 0 aliphatic heterocycles. The molecule has 2 heteroatoms. The van der Waals surface area contributed by atoms with Gasteiger partial charge in [0.2, 0.25) is 6.04 Å². The summed E-state index contributed by atoms with van der Waals surface area (Å²) in [5, 5.41) is 1.29. The van der Waals surface area contributed by atoms with E-state index in [4.69, 9.17) is 6.57 Å². The van der Waals surface area contributed by atoms with Gasteiger partial charge in [0.05, 0.1) is 0 Å². The molecule has 1 aromatic carbocycles. The Hall–Kier alpha value is -1.75. The third kappa shape index (κ3) is 1.94. The monoisotopic (exact) mass is 212 g/mol. The van der Waals surface area contributed by atoms with Crippen LogP contribution >= 0.6 is 0 Å². The highest BCUT2D eigenvalue weighted by Gasteiger charge is 2.09. The summed E-state index contributed by atoms with van der Waals surface area (Å²) in [5.74, 6) is 0. The molecule has 82 valence electrons. The Morgan fingerprint density at radius 1 is 1.38 bits per heavy atom. The standard InChI is InChI=1S/C14H16N2/c1-11(15-2)8-9-13-10-12-6-4-5-7-14(12)16(13)3/h4-7,10-11H,8-9H2,1,3H3. The van der Waals surface area contributed by atoms with Crippen LogP contribution in [0.25, 0.3) is 15.7 Å².